The van der Waals surface area contributed by atoms with Crippen LogP contribution in [-0.4, -0.2) is 35.0 Å². The average Bonchev–Trinajstić information content (AvgIpc) is 2.93. The molecule has 2 amide bonds. The Labute approximate surface area is 166 Å². The SMILES string of the molecule is O=C1C=C(Nc2ccccc2Oc2c(F)cc(C(F)(F)F)cc2F)C(=O)N1CCO. The minimum absolute atomic E-state index is 0.0226. The molecule has 0 bridgehead atoms. The first-order valence-corrected chi connectivity index (χ1v) is 8.40. The second kappa shape index (κ2) is 8.11. The van der Waals surface area contributed by atoms with Gasteiger partial charge in [-0.25, -0.2) is 8.78 Å². The molecule has 11 heteroatoms. The number of carbonyl (C=O) groups excluding carboxylic acids is 2. The van der Waals surface area contributed by atoms with Crippen LogP contribution >= 0.6 is 0 Å². The molecule has 2 aromatic carbocycles. The average molecular weight is 428 g/mol. The molecule has 0 aromatic heterocycles. The summed E-state index contributed by atoms with van der Waals surface area (Å²) in [7, 11) is 0. The number of nitrogens with one attached hydrogen (secondary N) is 1. The highest BCUT2D eigenvalue weighted by Crippen LogP contribution is 2.37. The normalized spacial score (nSPS) is 14.2. The number of para-hydroxylation sites is 2. The molecule has 2 aromatic rings. The van der Waals surface area contributed by atoms with Gasteiger partial charge < -0.3 is 15.2 Å². The summed E-state index contributed by atoms with van der Waals surface area (Å²) in [5.74, 6) is -5.83. The second-order valence-electron chi connectivity index (χ2n) is 6.07. The minimum Gasteiger partial charge on any atom is -0.449 e. The standard InChI is InChI=1S/C19H13F5N2O4/c20-11-7-10(19(22,23)24)8-12(21)17(11)30-15-4-2-1-3-13(15)25-14-9-16(28)26(5-6-27)18(14)29/h1-4,7-9,25,27H,5-6H2. The zero-order chi connectivity index (χ0) is 22.1. The van der Waals surface area contributed by atoms with E-state index < -0.39 is 47.5 Å². The molecule has 0 atom stereocenters. The van der Waals surface area contributed by atoms with Crippen molar-refractivity contribution >= 4 is 17.5 Å². The van der Waals surface area contributed by atoms with Gasteiger partial charge in [-0.3, -0.25) is 14.5 Å². The van der Waals surface area contributed by atoms with Gasteiger partial charge in [0, 0.05) is 6.08 Å². The molecule has 0 fully saturated rings. The molecule has 0 saturated carbocycles. The summed E-state index contributed by atoms with van der Waals surface area (Å²) in [6.45, 7) is -0.662. The van der Waals surface area contributed by atoms with Crippen molar-refractivity contribution in [2.75, 3.05) is 18.5 Å². The molecule has 0 saturated heterocycles. The monoisotopic (exact) mass is 428 g/mol. The van der Waals surface area contributed by atoms with Crippen LogP contribution < -0.4 is 10.1 Å². The van der Waals surface area contributed by atoms with Crippen LogP contribution in [0.15, 0.2) is 48.2 Å². The topological polar surface area (TPSA) is 78.9 Å². The van der Waals surface area contributed by atoms with Crippen LogP contribution in [0.2, 0.25) is 0 Å². The number of aliphatic hydroxyl groups is 1. The Morgan fingerprint density at radius 1 is 1.07 bits per heavy atom. The smallest absolute Gasteiger partial charge is 0.416 e. The fraction of sp³-hybridized carbons (Fsp3) is 0.158. The molecular formula is C19H13F5N2O4. The van der Waals surface area contributed by atoms with Crippen LogP contribution in [0.4, 0.5) is 27.6 Å². The maximum Gasteiger partial charge on any atom is 0.416 e. The molecule has 158 valence electrons. The number of hydrogen-bond acceptors (Lipinski definition) is 5. The zero-order valence-corrected chi connectivity index (χ0v) is 15.0. The number of imide groups is 1. The van der Waals surface area contributed by atoms with Crippen molar-refractivity contribution in [1.29, 1.82) is 0 Å². The number of aliphatic hydroxyl groups excluding tert-OH is 1. The Kier molecular flexibility index (Phi) is 5.74. The molecule has 2 N–H and O–H groups in total. The Morgan fingerprint density at radius 2 is 1.70 bits per heavy atom. The second-order valence-corrected chi connectivity index (χ2v) is 6.07. The van der Waals surface area contributed by atoms with E-state index >= 15 is 0 Å². The van der Waals surface area contributed by atoms with Gasteiger partial charge in [-0.2, -0.15) is 13.2 Å². The lowest BCUT2D eigenvalue weighted by Crippen LogP contribution is -2.34. The van der Waals surface area contributed by atoms with E-state index in [4.69, 9.17) is 9.84 Å². The molecule has 0 radical (unpaired) electrons. The number of ether oxygens (including phenoxy) is 1. The number of benzene rings is 2. The first kappa shape index (κ1) is 21.2. The number of nitrogens with zero attached hydrogens (tertiary/aromatic N) is 1. The molecule has 0 aliphatic carbocycles. The molecule has 30 heavy (non-hydrogen) atoms. The Bertz CT molecular complexity index is 1010. The van der Waals surface area contributed by atoms with Gasteiger partial charge in [0.05, 0.1) is 24.4 Å². The van der Waals surface area contributed by atoms with Crippen LogP contribution in [0.3, 0.4) is 0 Å². The Morgan fingerprint density at radius 3 is 2.30 bits per heavy atom. The van der Waals surface area contributed by atoms with Crippen LogP contribution in [0.25, 0.3) is 0 Å². The van der Waals surface area contributed by atoms with Gasteiger partial charge in [-0.05, 0) is 24.3 Å². The third-order valence-corrected chi connectivity index (χ3v) is 4.03. The van der Waals surface area contributed by atoms with E-state index in [1.54, 1.807) is 0 Å². The highest BCUT2D eigenvalue weighted by atomic mass is 19.4. The number of β-amino-alcohol motifs (C(OH)–C–C–N with tert-alkyl or cyclic N) is 1. The number of alkyl halides is 3. The number of amides is 2. The van der Waals surface area contributed by atoms with Crippen LogP contribution in [-0.2, 0) is 15.8 Å². The maximum atomic E-state index is 14.1. The maximum absolute atomic E-state index is 14.1. The minimum atomic E-state index is -4.94. The van der Waals surface area contributed by atoms with Gasteiger partial charge in [-0.1, -0.05) is 12.1 Å². The number of rotatable bonds is 6. The fourth-order valence-electron chi connectivity index (χ4n) is 2.64. The highest BCUT2D eigenvalue weighted by Gasteiger charge is 2.34. The fourth-order valence-corrected chi connectivity index (χ4v) is 2.64. The number of halogens is 5. The summed E-state index contributed by atoms with van der Waals surface area (Å²) in [4.78, 5) is 24.8. The van der Waals surface area contributed by atoms with Crippen molar-refractivity contribution in [1.82, 2.24) is 4.90 Å². The summed E-state index contributed by atoms with van der Waals surface area (Å²) in [5, 5.41) is 11.5. The van der Waals surface area contributed by atoms with E-state index in [9.17, 15) is 31.5 Å². The summed E-state index contributed by atoms with van der Waals surface area (Å²) in [6, 6.07) is 5.73. The molecule has 0 spiro atoms. The van der Waals surface area contributed by atoms with E-state index in [1.807, 2.05) is 0 Å². The predicted octanol–water partition coefficient (Wildman–Crippen LogP) is 3.43. The summed E-state index contributed by atoms with van der Waals surface area (Å²) >= 11 is 0. The third kappa shape index (κ3) is 4.25. The first-order valence-electron chi connectivity index (χ1n) is 8.40. The molecule has 3 rings (SSSR count). The third-order valence-electron chi connectivity index (χ3n) is 4.03. The molecule has 0 unspecified atom stereocenters. The van der Waals surface area contributed by atoms with Gasteiger partial charge in [0.2, 0.25) is 0 Å². The Hall–Kier alpha value is -3.47. The first-order chi connectivity index (χ1) is 14.1. The highest BCUT2D eigenvalue weighted by molar-refractivity contribution is 6.17. The molecule has 1 aliphatic heterocycles. The summed E-state index contributed by atoms with van der Waals surface area (Å²) < 4.78 is 71.4. The Balaban J connectivity index is 1.88. The van der Waals surface area contributed by atoms with Crippen molar-refractivity contribution in [3.63, 3.8) is 0 Å². The van der Waals surface area contributed by atoms with E-state index in [0.29, 0.717) is 0 Å². The van der Waals surface area contributed by atoms with E-state index in [-0.39, 0.29) is 35.8 Å². The molecule has 1 heterocycles. The van der Waals surface area contributed by atoms with Crippen LogP contribution in [0.1, 0.15) is 5.56 Å². The number of hydrogen-bond donors (Lipinski definition) is 2. The summed E-state index contributed by atoms with van der Waals surface area (Å²) in [6.07, 6.45) is -3.98. The van der Waals surface area contributed by atoms with Crippen molar-refractivity contribution in [3.05, 3.63) is 65.4 Å². The largest absolute Gasteiger partial charge is 0.449 e. The van der Waals surface area contributed by atoms with E-state index in [1.165, 1.54) is 24.3 Å². The number of carbonyl (C=O) groups is 2. The summed E-state index contributed by atoms with van der Waals surface area (Å²) in [5.41, 5.74) is -1.67. The molecular weight excluding hydrogens is 415 g/mol. The van der Waals surface area contributed by atoms with Crippen molar-refractivity contribution < 1.29 is 41.4 Å². The van der Waals surface area contributed by atoms with Crippen LogP contribution in [0, 0.1) is 11.6 Å². The van der Waals surface area contributed by atoms with Crippen molar-refractivity contribution in [2.45, 2.75) is 6.18 Å². The van der Waals surface area contributed by atoms with Gasteiger partial charge in [0.1, 0.15) is 5.70 Å². The van der Waals surface area contributed by atoms with Gasteiger partial charge in [0.25, 0.3) is 11.8 Å². The lowest BCUT2D eigenvalue weighted by molar-refractivity contribution is -0.138. The van der Waals surface area contributed by atoms with Crippen LogP contribution in [0.5, 0.6) is 11.5 Å². The van der Waals surface area contributed by atoms with Gasteiger partial charge in [0.15, 0.2) is 23.1 Å². The lowest BCUT2D eigenvalue weighted by atomic mass is 10.2. The van der Waals surface area contributed by atoms with E-state index in [2.05, 4.69) is 5.32 Å². The zero-order valence-electron chi connectivity index (χ0n) is 15.0. The van der Waals surface area contributed by atoms with Gasteiger partial charge >= 0.3 is 6.18 Å². The van der Waals surface area contributed by atoms with Crippen molar-refractivity contribution in [3.8, 4) is 11.5 Å². The molecule has 6 nitrogen and oxygen atoms in total. The lowest BCUT2D eigenvalue weighted by Gasteiger charge is -2.16. The van der Waals surface area contributed by atoms with Gasteiger partial charge in [-0.15, -0.1) is 0 Å². The quantitative estimate of drug-likeness (QED) is 0.545. The van der Waals surface area contributed by atoms with Crippen molar-refractivity contribution in [2.24, 2.45) is 0 Å². The van der Waals surface area contributed by atoms with E-state index in [0.717, 1.165) is 11.0 Å². The predicted molar refractivity (Wildman–Crippen MR) is 93.4 cm³/mol. The molecule has 1 aliphatic rings. The number of anilines is 1.